The van der Waals surface area contributed by atoms with Gasteiger partial charge in [-0.05, 0) is 0 Å². The van der Waals surface area contributed by atoms with Gasteiger partial charge in [0.15, 0.2) is 0 Å². The van der Waals surface area contributed by atoms with Gasteiger partial charge in [0.2, 0.25) is 0 Å². The SMILES string of the molecule is Cl.N.N.[Pd]. The van der Waals surface area contributed by atoms with Crippen molar-refractivity contribution in [3.63, 3.8) is 0 Å². The van der Waals surface area contributed by atoms with Crippen LogP contribution < -0.4 is 12.3 Å². The molecule has 0 bridgehead atoms. The summed E-state index contributed by atoms with van der Waals surface area (Å²) in [4.78, 5) is 0. The van der Waals surface area contributed by atoms with Crippen molar-refractivity contribution < 1.29 is 20.4 Å². The predicted octanol–water partition coefficient (Wildman–Crippen LogP) is 0.743. The van der Waals surface area contributed by atoms with E-state index in [2.05, 4.69) is 0 Å². The van der Waals surface area contributed by atoms with Gasteiger partial charge in [-0.15, -0.1) is 12.4 Å². The molecule has 0 aromatic heterocycles. The molecule has 4 heavy (non-hydrogen) atoms. The Morgan fingerprint density at radius 3 is 0.750 bits per heavy atom. The van der Waals surface area contributed by atoms with Crippen molar-refractivity contribution in [1.29, 1.82) is 0 Å². The molecule has 0 saturated carbocycles. The van der Waals surface area contributed by atoms with Gasteiger partial charge in [0, 0.05) is 20.4 Å². The van der Waals surface area contributed by atoms with Gasteiger partial charge in [-0.1, -0.05) is 0 Å². The average Bonchev–Trinajstić information content (AvgIpc) is 0. The van der Waals surface area contributed by atoms with Crippen LogP contribution in [0.25, 0.3) is 0 Å². The standard InChI is InChI=1S/ClH.2H3N.Pd/h1H;2*1H3;. The molecule has 0 unspecified atom stereocenters. The summed E-state index contributed by atoms with van der Waals surface area (Å²) >= 11 is 0. The zero-order chi connectivity index (χ0) is 0. The van der Waals surface area contributed by atoms with Crippen LogP contribution in [0.4, 0.5) is 0 Å². The smallest absolute Gasteiger partial charge is 0 e. The second-order valence-corrected chi connectivity index (χ2v) is 0. The monoisotopic (exact) mass is 176 g/mol. The Hall–Kier alpha value is 0.872. The van der Waals surface area contributed by atoms with Crippen LogP contribution in [0.5, 0.6) is 0 Å². The summed E-state index contributed by atoms with van der Waals surface area (Å²) in [6, 6.07) is 0. The third-order valence-electron chi connectivity index (χ3n) is 0. The third-order valence-corrected chi connectivity index (χ3v) is 0. The van der Waals surface area contributed by atoms with Crippen molar-refractivity contribution in [2.75, 3.05) is 0 Å². The van der Waals surface area contributed by atoms with Gasteiger partial charge in [-0.3, -0.25) is 0 Å². The number of rotatable bonds is 0. The summed E-state index contributed by atoms with van der Waals surface area (Å²) in [7, 11) is 0. The van der Waals surface area contributed by atoms with Crippen molar-refractivity contribution in [3.05, 3.63) is 0 Å². The summed E-state index contributed by atoms with van der Waals surface area (Å²) in [5.41, 5.74) is 0. The van der Waals surface area contributed by atoms with Crippen LogP contribution in [0, 0.1) is 0 Å². The Kier molecular flexibility index (Phi) is 1010. The zero-order valence-corrected chi connectivity index (χ0v) is 4.51. The van der Waals surface area contributed by atoms with Crippen molar-refractivity contribution in [1.82, 2.24) is 12.3 Å². The molecular weight excluding hydrogens is 170 g/mol. The van der Waals surface area contributed by atoms with E-state index < -0.39 is 0 Å². The maximum absolute atomic E-state index is 0. The molecule has 0 aliphatic carbocycles. The van der Waals surface area contributed by atoms with Crippen LogP contribution in [0.15, 0.2) is 0 Å². The molecule has 0 rings (SSSR count). The first-order chi connectivity index (χ1) is 0. The molecule has 34 valence electrons. The first-order valence-electron chi connectivity index (χ1n) is 0. The number of hydrogen-bond donors (Lipinski definition) is 2. The quantitative estimate of drug-likeness (QED) is 0.535. The van der Waals surface area contributed by atoms with Crippen molar-refractivity contribution in [2.24, 2.45) is 0 Å². The minimum atomic E-state index is 0. The fourth-order valence-corrected chi connectivity index (χ4v) is 0. The molecule has 0 aliphatic heterocycles. The second-order valence-electron chi connectivity index (χ2n) is 0. The largest absolute Gasteiger partial charge is 0.344 e. The summed E-state index contributed by atoms with van der Waals surface area (Å²) in [5, 5.41) is 0. The van der Waals surface area contributed by atoms with Crippen LogP contribution >= 0.6 is 12.4 Å². The van der Waals surface area contributed by atoms with Crippen molar-refractivity contribution in [2.45, 2.75) is 0 Å². The molecule has 2 nitrogen and oxygen atoms in total. The predicted molar refractivity (Wildman–Crippen MR) is 17.3 cm³/mol. The van der Waals surface area contributed by atoms with E-state index in [0.29, 0.717) is 0 Å². The summed E-state index contributed by atoms with van der Waals surface area (Å²) in [6.07, 6.45) is 0. The molecular formula is H7ClN2Pd. The molecule has 0 saturated heterocycles. The maximum atomic E-state index is 0. The van der Waals surface area contributed by atoms with E-state index in [-0.39, 0.29) is 45.1 Å². The van der Waals surface area contributed by atoms with Crippen LogP contribution in [-0.4, -0.2) is 0 Å². The Balaban J connectivity index is 0. The van der Waals surface area contributed by atoms with E-state index in [1.807, 2.05) is 0 Å². The first-order valence-corrected chi connectivity index (χ1v) is 0. The van der Waals surface area contributed by atoms with Crippen molar-refractivity contribution in [3.8, 4) is 0 Å². The van der Waals surface area contributed by atoms with Crippen molar-refractivity contribution >= 4 is 12.4 Å². The van der Waals surface area contributed by atoms with Crippen LogP contribution in [-0.2, 0) is 20.4 Å². The van der Waals surface area contributed by atoms with E-state index >= 15 is 0 Å². The fraction of sp³-hybridized carbons (Fsp3) is 0. The molecule has 0 aromatic rings. The van der Waals surface area contributed by atoms with E-state index in [0.717, 1.165) is 0 Å². The molecule has 0 amide bonds. The topological polar surface area (TPSA) is 70.0 Å². The minimum absolute atomic E-state index is 0. The minimum Gasteiger partial charge on any atom is -0.344 e. The Morgan fingerprint density at radius 1 is 0.750 bits per heavy atom. The van der Waals surface area contributed by atoms with Gasteiger partial charge >= 0.3 is 0 Å². The van der Waals surface area contributed by atoms with Crippen LogP contribution in [0.2, 0.25) is 0 Å². The van der Waals surface area contributed by atoms with E-state index in [9.17, 15) is 0 Å². The molecule has 0 fully saturated rings. The van der Waals surface area contributed by atoms with Gasteiger partial charge in [-0.2, -0.15) is 0 Å². The molecule has 0 radical (unpaired) electrons. The molecule has 4 heteroatoms. The van der Waals surface area contributed by atoms with Crippen LogP contribution in [0.3, 0.4) is 0 Å². The van der Waals surface area contributed by atoms with Gasteiger partial charge in [0.25, 0.3) is 0 Å². The number of hydrogen-bond acceptors (Lipinski definition) is 2. The van der Waals surface area contributed by atoms with Gasteiger partial charge < -0.3 is 12.3 Å². The Bertz CT molecular complexity index is 6.00. The van der Waals surface area contributed by atoms with E-state index in [1.54, 1.807) is 0 Å². The molecule has 0 spiro atoms. The molecule has 6 N–H and O–H groups in total. The van der Waals surface area contributed by atoms with E-state index in [1.165, 1.54) is 0 Å². The average molecular weight is 177 g/mol. The third kappa shape index (κ3) is 13.2. The summed E-state index contributed by atoms with van der Waals surface area (Å²) < 4.78 is 0. The summed E-state index contributed by atoms with van der Waals surface area (Å²) in [5.74, 6) is 0. The van der Waals surface area contributed by atoms with Gasteiger partial charge in [-0.25, -0.2) is 0 Å². The van der Waals surface area contributed by atoms with Gasteiger partial charge in [0.05, 0.1) is 0 Å². The maximum Gasteiger partial charge on any atom is 0 e. The zero-order valence-electron chi connectivity index (χ0n) is 2.14. The number of halogens is 1. The summed E-state index contributed by atoms with van der Waals surface area (Å²) in [6.45, 7) is 0. The van der Waals surface area contributed by atoms with Crippen LogP contribution in [0.1, 0.15) is 0 Å². The Labute approximate surface area is 45.6 Å². The molecule has 0 heterocycles. The van der Waals surface area contributed by atoms with Gasteiger partial charge in [0.1, 0.15) is 0 Å². The molecule has 0 atom stereocenters. The van der Waals surface area contributed by atoms with E-state index in [4.69, 9.17) is 0 Å². The second kappa shape index (κ2) is 42.0. The Morgan fingerprint density at radius 2 is 0.750 bits per heavy atom. The molecule has 0 aliphatic rings. The molecule has 0 aromatic carbocycles. The normalized spacial score (nSPS) is 0. The fourth-order valence-electron chi connectivity index (χ4n) is 0. The first kappa shape index (κ1) is 96.0.